The highest BCUT2D eigenvalue weighted by atomic mass is 16.5. The van der Waals surface area contributed by atoms with E-state index in [1.54, 1.807) is 0 Å². The number of Topliss-reactive ketones (excluding diaryl/α,β-unsaturated/α-hetero) is 1. The lowest BCUT2D eigenvalue weighted by Gasteiger charge is -2.24. The number of ketones is 1. The zero-order chi connectivity index (χ0) is 7.56. The molecule has 2 heteroatoms. The summed E-state index contributed by atoms with van der Waals surface area (Å²) in [7, 11) is 0. The third-order valence-corrected chi connectivity index (χ3v) is 1.58. The molecular weight excluding hydrogens is 128 g/mol. The van der Waals surface area contributed by atoms with Gasteiger partial charge in [0.2, 0.25) is 0 Å². The zero-order valence-corrected chi connectivity index (χ0v) is 6.59. The van der Waals surface area contributed by atoms with E-state index < -0.39 is 0 Å². The molecule has 1 fully saturated rings. The highest BCUT2D eigenvalue weighted by Crippen LogP contribution is 2.18. The summed E-state index contributed by atoms with van der Waals surface area (Å²) in [6.45, 7) is 5.01. The van der Waals surface area contributed by atoms with Gasteiger partial charge in [0, 0.05) is 19.4 Å². The Balaban J connectivity index is 2.00. The number of hydrogen-bond acceptors (Lipinski definition) is 2. The van der Waals surface area contributed by atoms with E-state index in [-0.39, 0.29) is 6.10 Å². The molecule has 0 aliphatic heterocycles. The van der Waals surface area contributed by atoms with E-state index in [2.05, 4.69) is 13.8 Å². The van der Waals surface area contributed by atoms with Gasteiger partial charge in [-0.3, -0.25) is 4.79 Å². The van der Waals surface area contributed by atoms with Crippen LogP contribution in [0.1, 0.15) is 26.7 Å². The van der Waals surface area contributed by atoms with Crippen LogP contribution in [0.5, 0.6) is 0 Å². The lowest BCUT2D eigenvalue weighted by molar-refractivity contribution is -0.134. The van der Waals surface area contributed by atoms with Crippen LogP contribution >= 0.6 is 0 Å². The van der Waals surface area contributed by atoms with Gasteiger partial charge in [0.25, 0.3) is 0 Å². The van der Waals surface area contributed by atoms with E-state index in [9.17, 15) is 4.79 Å². The minimum atomic E-state index is 0.245. The summed E-state index contributed by atoms with van der Waals surface area (Å²) in [4.78, 5) is 10.5. The maximum Gasteiger partial charge on any atom is 0.138 e. The fraction of sp³-hybridized carbons (Fsp3) is 0.875. The topological polar surface area (TPSA) is 26.3 Å². The van der Waals surface area contributed by atoms with Crippen molar-refractivity contribution >= 4 is 5.78 Å². The summed E-state index contributed by atoms with van der Waals surface area (Å²) in [6, 6.07) is 0. The average Bonchev–Trinajstić information content (AvgIpc) is 1.77. The van der Waals surface area contributed by atoms with Gasteiger partial charge in [0.15, 0.2) is 0 Å². The molecule has 0 spiro atoms. The van der Waals surface area contributed by atoms with Gasteiger partial charge in [-0.05, 0) is 5.92 Å². The summed E-state index contributed by atoms with van der Waals surface area (Å²) in [5.41, 5.74) is 0. The van der Waals surface area contributed by atoms with Crippen molar-refractivity contribution in [3.05, 3.63) is 0 Å². The summed E-state index contributed by atoms with van der Waals surface area (Å²) in [5, 5.41) is 0. The summed E-state index contributed by atoms with van der Waals surface area (Å²) in [5.74, 6) is 0.921. The monoisotopic (exact) mass is 142 g/mol. The smallest absolute Gasteiger partial charge is 0.138 e. The van der Waals surface area contributed by atoms with E-state index in [0.29, 0.717) is 24.5 Å². The average molecular weight is 142 g/mol. The van der Waals surface area contributed by atoms with Crippen molar-refractivity contribution in [2.45, 2.75) is 32.8 Å². The van der Waals surface area contributed by atoms with E-state index in [4.69, 9.17) is 4.74 Å². The number of rotatable bonds is 3. The molecule has 0 atom stereocenters. The van der Waals surface area contributed by atoms with E-state index >= 15 is 0 Å². The van der Waals surface area contributed by atoms with Crippen LogP contribution in [0, 0.1) is 5.92 Å². The third kappa shape index (κ3) is 2.10. The molecule has 0 aromatic heterocycles. The molecule has 0 N–H and O–H groups in total. The second-order valence-electron chi connectivity index (χ2n) is 3.30. The van der Waals surface area contributed by atoms with Gasteiger partial charge in [-0.25, -0.2) is 0 Å². The standard InChI is InChI=1S/C8H14O2/c1-6(2)5-10-8-3-7(9)4-8/h6,8H,3-5H2,1-2H3. The maximum atomic E-state index is 10.5. The molecule has 2 nitrogen and oxygen atoms in total. The Bertz CT molecular complexity index is 121. The van der Waals surface area contributed by atoms with Crippen LogP contribution < -0.4 is 0 Å². The van der Waals surface area contributed by atoms with Crippen molar-refractivity contribution in [2.75, 3.05) is 6.61 Å². The van der Waals surface area contributed by atoms with Gasteiger partial charge in [-0.2, -0.15) is 0 Å². The molecular formula is C8H14O2. The number of carbonyl (C=O) groups is 1. The molecule has 0 heterocycles. The first-order valence-electron chi connectivity index (χ1n) is 3.82. The SMILES string of the molecule is CC(C)COC1CC(=O)C1. The Hall–Kier alpha value is -0.370. The molecule has 0 unspecified atom stereocenters. The van der Waals surface area contributed by atoms with Crippen LogP contribution in [-0.2, 0) is 9.53 Å². The second-order valence-corrected chi connectivity index (χ2v) is 3.30. The van der Waals surface area contributed by atoms with Crippen molar-refractivity contribution in [3.8, 4) is 0 Å². The second kappa shape index (κ2) is 3.15. The Morgan fingerprint density at radius 3 is 2.60 bits per heavy atom. The van der Waals surface area contributed by atoms with Crippen LogP contribution in [0.4, 0.5) is 0 Å². The highest BCUT2D eigenvalue weighted by molar-refractivity contribution is 5.85. The fourth-order valence-corrected chi connectivity index (χ4v) is 0.894. The molecule has 1 aliphatic carbocycles. The summed E-state index contributed by atoms with van der Waals surface area (Å²) in [6.07, 6.45) is 1.54. The zero-order valence-electron chi connectivity index (χ0n) is 6.59. The van der Waals surface area contributed by atoms with Crippen LogP contribution in [0.3, 0.4) is 0 Å². The molecule has 0 amide bonds. The van der Waals surface area contributed by atoms with Gasteiger partial charge < -0.3 is 4.74 Å². The molecule has 10 heavy (non-hydrogen) atoms. The Morgan fingerprint density at radius 1 is 1.60 bits per heavy atom. The minimum Gasteiger partial charge on any atom is -0.377 e. The van der Waals surface area contributed by atoms with Gasteiger partial charge in [0.05, 0.1) is 6.10 Å². The van der Waals surface area contributed by atoms with Crippen LogP contribution in [-0.4, -0.2) is 18.5 Å². The predicted octanol–water partition coefficient (Wildman–Crippen LogP) is 1.39. The maximum absolute atomic E-state index is 10.5. The van der Waals surface area contributed by atoms with E-state index in [0.717, 1.165) is 6.61 Å². The summed E-state index contributed by atoms with van der Waals surface area (Å²) < 4.78 is 5.39. The fourth-order valence-electron chi connectivity index (χ4n) is 0.894. The molecule has 0 aromatic carbocycles. The quantitative estimate of drug-likeness (QED) is 0.595. The predicted molar refractivity (Wildman–Crippen MR) is 38.8 cm³/mol. The van der Waals surface area contributed by atoms with Crippen LogP contribution in [0.25, 0.3) is 0 Å². The van der Waals surface area contributed by atoms with Crippen molar-refractivity contribution in [1.82, 2.24) is 0 Å². The highest BCUT2D eigenvalue weighted by Gasteiger charge is 2.26. The van der Waals surface area contributed by atoms with Gasteiger partial charge >= 0.3 is 0 Å². The van der Waals surface area contributed by atoms with Crippen molar-refractivity contribution in [2.24, 2.45) is 5.92 Å². The molecule has 1 rings (SSSR count). The molecule has 58 valence electrons. The van der Waals surface area contributed by atoms with Crippen LogP contribution in [0.2, 0.25) is 0 Å². The Morgan fingerprint density at radius 2 is 2.20 bits per heavy atom. The first-order chi connectivity index (χ1) is 4.68. The third-order valence-electron chi connectivity index (χ3n) is 1.58. The first-order valence-corrected chi connectivity index (χ1v) is 3.82. The van der Waals surface area contributed by atoms with Crippen molar-refractivity contribution in [1.29, 1.82) is 0 Å². The first kappa shape index (κ1) is 7.73. The van der Waals surface area contributed by atoms with Gasteiger partial charge in [-0.1, -0.05) is 13.8 Å². The van der Waals surface area contributed by atoms with E-state index in [1.165, 1.54) is 0 Å². The van der Waals surface area contributed by atoms with E-state index in [1.807, 2.05) is 0 Å². The van der Waals surface area contributed by atoms with Gasteiger partial charge in [-0.15, -0.1) is 0 Å². The normalized spacial score (nSPS) is 19.7. The van der Waals surface area contributed by atoms with Crippen molar-refractivity contribution < 1.29 is 9.53 Å². The molecule has 1 saturated carbocycles. The number of ether oxygens (including phenoxy) is 1. The largest absolute Gasteiger partial charge is 0.377 e. The van der Waals surface area contributed by atoms with Crippen molar-refractivity contribution in [3.63, 3.8) is 0 Å². The van der Waals surface area contributed by atoms with Crippen LogP contribution in [0.15, 0.2) is 0 Å². The lowest BCUT2D eigenvalue weighted by Crippen LogP contribution is -2.32. The van der Waals surface area contributed by atoms with Gasteiger partial charge in [0.1, 0.15) is 5.78 Å². The minimum absolute atomic E-state index is 0.245. The Labute approximate surface area is 61.6 Å². The Kier molecular flexibility index (Phi) is 2.44. The molecule has 1 aliphatic rings. The summed E-state index contributed by atoms with van der Waals surface area (Å²) >= 11 is 0. The molecule has 0 bridgehead atoms. The number of hydrogen-bond donors (Lipinski definition) is 0. The molecule has 0 saturated heterocycles. The number of carbonyl (C=O) groups excluding carboxylic acids is 1. The molecule has 0 aromatic rings. The lowest BCUT2D eigenvalue weighted by atomic mass is 9.94. The molecule has 0 radical (unpaired) electrons.